The van der Waals surface area contributed by atoms with E-state index in [1.54, 1.807) is 0 Å². The van der Waals surface area contributed by atoms with Crippen molar-refractivity contribution in [2.45, 2.75) is 70.9 Å². The van der Waals surface area contributed by atoms with Crippen LogP contribution in [0.25, 0.3) is 0 Å². The lowest BCUT2D eigenvalue weighted by Crippen LogP contribution is -2.44. The summed E-state index contributed by atoms with van der Waals surface area (Å²) in [5.74, 6) is -0.665. The van der Waals surface area contributed by atoms with Gasteiger partial charge >= 0.3 is 5.97 Å². The molecule has 2 rings (SSSR count). The van der Waals surface area contributed by atoms with Gasteiger partial charge < -0.3 is 5.11 Å². The Morgan fingerprint density at radius 2 is 1.88 bits per heavy atom. The van der Waals surface area contributed by atoms with Crippen molar-refractivity contribution in [2.75, 3.05) is 6.54 Å². The lowest BCUT2D eigenvalue weighted by Gasteiger charge is -2.33. The van der Waals surface area contributed by atoms with Crippen molar-refractivity contribution in [1.82, 2.24) is 4.90 Å². The van der Waals surface area contributed by atoms with Crippen molar-refractivity contribution in [2.24, 2.45) is 5.41 Å². The number of hydrogen-bond acceptors (Lipinski definition) is 2. The van der Waals surface area contributed by atoms with Crippen LogP contribution in [0.15, 0.2) is 0 Å². The largest absolute Gasteiger partial charge is 0.480 e. The lowest BCUT2D eigenvalue weighted by atomic mass is 9.91. The Labute approximate surface area is 104 Å². The monoisotopic (exact) mass is 239 g/mol. The summed E-state index contributed by atoms with van der Waals surface area (Å²) in [6, 6.07) is 1.04. The molecule has 3 nitrogen and oxygen atoms in total. The highest BCUT2D eigenvalue weighted by Gasteiger charge is 2.38. The Morgan fingerprint density at radius 3 is 2.35 bits per heavy atom. The molecule has 2 aliphatic carbocycles. The van der Waals surface area contributed by atoms with Crippen LogP contribution < -0.4 is 0 Å². The third kappa shape index (κ3) is 3.21. The molecule has 0 amide bonds. The molecule has 98 valence electrons. The molecule has 1 N–H and O–H groups in total. The van der Waals surface area contributed by atoms with E-state index in [2.05, 4.69) is 18.7 Å². The average molecular weight is 239 g/mol. The Kier molecular flexibility index (Phi) is 3.76. The van der Waals surface area contributed by atoms with Gasteiger partial charge in [0.1, 0.15) is 0 Å². The van der Waals surface area contributed by atoms with Crippen molar-refractivity contribution in [3.05, 3.63) is 0 Å². The van der Waals surface area contributed by atoms with Crippen molar-refractivity contribution in [3.63, 3.8) is 0 Å². The van der Waals surface area contributed by atoms with Gasteiger partial charge in [-0.15, -0.1) is 0 Å². The molecular formula is C14H25NO2. The molecule has 0 aliphatic heterocycles. The molecule has 0 saturated heterocycles. The normalized spacial score (nSPS) is 29.0. The van der Waals surface area contributed by atoms with Gasteiger partial charge in [-0.2, -0.15) is 0 Å². The van der Waals surface area contributed by atoms with E-state index in [-0.39, 0.29) is 6.54 Å². The van der Waals surface area contributed by atoms with Crippen LogP contribution in [0.1, 0.15) is 58.8 Å². The van der Waals surface area contributed by atoms with E-state index in [1.165, 1.54) is 38.5 Å². The van der Waals surface area contributed by atoms with Gasteiger partial charge in [0, 0.05) is 12.1 Å². The molecule has 0 radical (unpaired) electrons. The third-order valence-electron chi connectivity index (χ3n) is 4.52. The van der Waals surface area contributed by atoms with E-state index in [9.17, 15) is 4.79 Å². The molecule has 2 saturated carbocycles. The Bertz CT molecular complexity index is 282. The summed E-state index contributed by atoms with van der Waals surface area (Å²) in [7, 11) is 0. The summed E-state index contributed by atoms with van der Waals surface area (Å²) in [6.07, 6.45) is 8.52. The molecular weight excluding hydrogens is 214 g/mol. The summed E-state index contributed by atoms with van der Waals surface area (Å²) < 4.78 is 0. The number of aliphatic carboxylic acids is 1. The zero-order valence-corrected chi connectivity index (χ0v) is 11.1. The Morgan fingerprint density at radius 1 is 1.24 bits per heavy atom. The predicted octanol–water partition coefficient (Wildman–Crippen LogP) is 2.89. The van der Waals surface area contributed by atoms with Crippen LogP contribution in [-0.2, 0) is 4.79 Å². The summed E-state index contributed by atoms with van der Waals surface area (Å²) in [6.45, 7) is 4.85. The second kappa shape index (κ2) is 4.97. The first-order chi connectivity index (χ1) is 7.98. The molecule has 0 bridgehead atoms. The van der Waals surface area contributed by atoms with Gasteiger partial charge in [-0.25, -0.2) is 0 Å². The number of carboxylic acid groups (broad SMARTS) is 1. The molecule has 0 aromatic heterocycles. The molecule has 0 spiro atoms. The van der Waals surface area contributed by atoms with E-state index < -0.39 is 5.97 Å². The number of rotatable bonds is 4. The van der Waals surface area contributed by atoms with Crippen molar-refractivity contribution >= 4 is 5.97 Å². The summed E-state index contributed by atoms with van der Waals surface area (Å²) in [5, 5.41) is 9.09. The summed E-state index contributed by atoms with van der Waals surface area (Å²) in [4.78, 5) is 13.3. The fourth-order valence-electron chi connectivity index (χ4n) is 3.63. The quantitative estimate of drug-likeness (QED) is 0.820. The molecule has 17 heavy (non-hydrogen) atoms. The van der Waals surface area contributed by atoms with Crippen LogP contribution in [0.3, 0.4) is 0 Å². The van der Waals surface area contributed by atoms with Crippen LogP contribution >= 0.6 is 0 Å². The minimum absolute atomic E-state index is 0.241. The Balaban J connectivity index is 2.02. The topological polar surface area (TPSA) is 40.5 Å². The first-order valence-corrected chi connectivity index (χ1v) is 6.95. The molecule has 0 aromatic carbocycles. The van der Waals surface area contributed by atoms with Crippen LogP contribution in [-0.4, -0.2) is 34.6 Å². The minimum atomic E-state index is -0.665. The average Bonchev–Trinajstić information content (AvgIpc) is 2.83. The van der Waals surface area contributed by atoms with E-state index in [0.29, 0.717) is 17.5 Å². The van der Waals surface area contributed by atoms with Crippen molar-refractivity contribution in [1.29, 1.82) is 0 Å². The second-order valence-corrected chi connectivity index (χ2v) is 6.57. The van der Waals surface area contributed by atoms with Crippen molar-refractivity contribution < 1.29 is 9.90 Å². The number of carboxylic acids is 1. The highest BCUT2D eigenvalue weighted by molar-refractivity contribution is 5.69. The maximum Gasteiger partial charge on any atom is 0.317 e. The van der Waals surface area contributed by atoms with Gasteiger partial charge in [0.25, 0.3) is 0 Å². The zero-order chi connectivity index (χ0) is 12.5. The number of nitrogens with zero attached hydrogens (tertiary/aromatic N) is 1. The molecule has 3 heteroatoms. The lowest BCUT2D eigenvalue weighted by molar-refractivity contribution is -0.139. The van der Waals surface area contributed by atoms with Gasteiger partial charge in [0.15, 0.2) is 0 Å². The Hall–Kier alpha value is -0.570. The highest BCUT2D eigenvalue weighted by atomic mass is 16.4. The van der Waals surface area contributed by atoms with E-state index in [4.69, 9.17) is 5.11 Å². The smallest absolute Gasteiger partial charge is 0.317 e. The second-order valence-electron chi connectivity index (χ2n) is 6.57. The van der Waals surface area contributed by atoms with Crippen molar-refractivity contribution in [3.8, 4) is 0 Å². The maximum absolute atomic E-state index is 11.0. The van der Waals surface area contributed by atoms with Crippen LogP contribution in [0, 0.1) is 5.41 Å². The van der Waals surface area contributed by atoms with Gasteiger partial charge in [-0.1, -0.05) is 26.7 Å². The van der Waals surface area contributed by atoms with E-state index in [0.717, 1.165) is 6.42 Å². The van der Waals surface area contributed by atoms with Gasteiger partial charge in [-0.05, 0) is 37.5 Å². The van der Waals surface area contributed by atoms with Gasteiger partial charge in [0.2, 0.25) is 0 Å². The predicted molar refractivity (Wildman–Crippen MR) is 68.0 cm³/mol. The van der Waals surface area contributed by atoms with E-state index >= 15 is 0 Å². The molecule has 2 fully saturated rings. The standard InChI is InChI=1S/C14H25NO2/c1-14(2)8-7-12(9-14)15(10-13(16)17)11-5-3-4-6-11/h11-12H,3-10H2,1-2H3,(H,16,17). The van der Waals surface area contributed by atoms with Crippen LogP contribution in [0.4, 0.5) is 0 Å². The first-order valence-electron chi connectivity index (χ1n) is 6.95. The van der Waals surface area contributed by atoms with Gasteiger partial charge in [-0.3, -0.25) is 9.69 Å². The molecule has 0 aromatic rings. The number of carbonyl (C=O) groups is 1. The number of hydrogen-bond donors (Lipinski definition) is 1. The zero-order valence-electron chi connectivity index (χ0n) is 11.1. The SMILES string of the molecule is CC1(C)CCC(N(CC(=O)O)C2CCCC2)C1. The summed E-state index contributed by atoms with van der Waals surface area (Å²) >= 11 is 0. The first kappa shape index (κ1) is 12.9. The fraction of sp³-hybridized carbons (Fsp3) is 0.929. The van der Waals surface area contributed by atoms with Gasteiger partial charge in [0.05, 0.1) is 6.54 Å². The van der Waals surface area contributed by atoms with Crippen LogP contribution in [0.2, 0.25) is 0 Å². The molecule has 0 heterocycles. The van der Waals surface area contributed by atoms with Crippen LogP contribution in [0.5, 0.6) is 0 Å². The maximum atomic E-state index is 11.0. The fourth-order valence-corrected chi connectivity index (χ4v) is 3.63. The van der Waals surface area contributed by atoms with E-state index in [1.807, 2.05) is 0 Å². The molecule has 1 atom stereocenters. The highest BCUT2D eigenvalue weighted by Crippen LogP contribution is 2.41. The molecule has 1 unspecified atom stereocenters. The third-order valence-corrected chi connectivity index (χ3v) is 4.52. The molecule has 2 aliphatic rings. The summed E-state index contributed by atoms with van der Waals surface area (Å²) in [5.41, 5.74) is 0.403. The minimum Gasteiger partial charge on any atom is -0.480 e.